The maximum Gasteiger partial charge on any atom is 0.274 e. The highest BCUT2D eigenvalue weighted by Gasteiger charge is 2.31. The van der Waals surface area contributed by atoms with Crippen molar-refractivity contribution in [2.75, 3.05) is 26.9 Å². The highest BCUT2D eigenvalue weighted by atomic mass is 32.1. The quantitative estimate of drug-likeness (QED) is 0.142. The number of rotatable bonds is 8. The second-order valence-corrected chi connectivity index (χ2v) is 12.3. The van der Waals surface area contributed by atoms with Crippen LogP contribution >= 0.6 is 11.3 Å². The van der Waals surface area contributed by atoms with Gasteiger partial charge < -0.3 is 14.4 Å². The number of carbonyl (C=O) groups excluding carboxylic acids is 1. The van der Waals surface area contributed by atoms with E-state index in [1.54, 1.807) is 24.2 Å². The van der Waals surface area contributed by atoms with Crippen molar-refractivity contribution in [1.29, 1.82) is 0 Å². The Morgan fingerprint density at radius 2 is 1.92 bits per heavy atom. The number of aromatic nitrogens is 5. The lowest BCUT2D eigenvalue weighted by Crippen LogP contribution is -2.40. The zero-order chi connectivity index (χ0) is 33.7. The molecule has 13 heteroatoms. The zero-order valence-corrected chi connectivity index (χ0v) is 27.2. The SMILES string of the molecule is C=CC(=O)N1CCn2nc(-c3nc(-c4ccc5cnn(C)c(=O)c5c4)c4ccsc4c3-c3c(F)cc(F)cc3OCCOC)cc2C1C. The number of hydrogen-bond donors (Lipinski definition) is 0. The molecule has 0 spiro atoms. The van der Waals surface area contributed by atoms with Gasteiger partial charge in [-0.15, -0.1) is 11.3 Å². The molecule has 1 amide bonds. The van der Waals surface area contributed by atoms with Crippen molar-refractivity contribution in [2.24, 2.45) is 7.05 Å². The molecular weight excluding hydrogens is 638 g/mol. The van der Waals surface area contributed by atoms with Crippen LogP contribution in [0.15, 0.2) is 71.5 Å². The van der Waals surface area contributed by atoms with E-state index in [9.17, 15) is 14.0 Å². The van der Waals surface area contributed by atoms with Gasteiger partial charge in [0.2, 0.25) is 5.91 Å². The minimum absolute atomic E-state index is 0.00292. The molecule has 2 aromatic carbocycles. The summed E-state index contributed by atoms with van der Waals surface area (Å²) in [5, 5.41) is 12.8. The van der Waals surface area contributed by atoms with Crippen LogP contribution in [0.5, 0.6) is 5.75 Å². The first kappa shape index (κ1) is 31.3. The third kappa shape index (κ3) is 5.24. The molecule has 0 radical (unpaired) electrons. The van der Waals surface area contributed by atoms with E-state index in [1.165, 1.54) is 29.2 Å². The number of nitrogens with zero attached hydrogens (tertiary/aromatic N) is 6. The standard InChI is InChI=1S/C35H30F2N6O4S/c1-5-29(44)42-9-10-43-27(19(42)2)17-26(40-43)33-31(30-25(37)15-22(36)16-28(30)47-12-11-46-4)34-23(8-13-48-34)32(39-33)20-6-7-21-18-38-41(3)35(45)24(21)14-20/h5-8,13-19H,1,9-12H2,2-4H3. The summed E-state index contributed by atoms with van der Waals surface area (Å²) in [6.07, 6.45) is 2.91. The molecule has 0 bridgehead atoms. The molecule has 1 aliphatic rings. The summed E-state index contributed by atoms with van der Waals surface area (Å²) in [5.74, 6) is -1.81. The molecule has 0 N–H and O–H groups in total. The Bertz CT molecular complexity index is 2310. The van der Waals surface area contributed by atoms with Gasteiger partial charge in [0.05, 0.1) is 47.7 Å². The number of benzene rings is 2. The third-order valence-corrected chi connectivity index (χ3v) is 9.53. The predicted molar refractivity (Wildman–Crippen MR) is 180 cm³/mol. The van der Waals surface area contributed by atoms with Crippen molar-refractivity contribution in [2.45, 2.75) is 19.5 Å². The Morgan fingerprint density at radius 3 is 2.71 bits per heavy atom. The molecule has 5 heterocycles. The summed E-state index contributed by atoms with van der Waals surface area (Å²) in [6, 6.07) is 10.8. The number of ether oxygens (including phenoxy) is 2. The molecule has 1 atom stereocenters. The summed E-state index contributed by atoms with van der Waals surface area (Å²) >= 11 is 1.37. The van der Waals surface area contributed by atoms with Crippen LogP contribution < -0.4 is 10.3 Å². The smallest absolute Gasteiger partial charge is 0.274 e. The Labute approximate surface area is 277 Å². The van der Waals surface area contributed by atoms with E-state index >= 15 is 4.39 Å². The topological polar surface area (TPSA) is 104 Å². The summed E-state index contributed by atoms with van der Waals surface area (Å²) in [5.41, 5.74) is 2.92. The van der Waals surface area contributed by atoms with Crippen molar-refractivity contribution >= 4 is 38.1 Å². The van der Waals surface area contributed by atoms with Gasteiger partial charge in [0, 0.05) is 59.4 Å². The zero-order valence-electron chi connectivity index (χ0n) is 26.4. The van der Waals surface area contributed by atoms with Crippen molar-refractivity contribution in [1.82, 2.24) is 29.4 Å². The van der Waals surface area contributed by atoms with E-state index in [0.717, 1.165) is 17.8 Å². The van der Waals surface area contributed by atoms with Crippen LogP contribution in [0.4, 0.5) is 8.78 Å². The number of amides is 1. The third-order valence-electron chi connectivity index (χ3n) is 8.60. The molecule has 0 saturated heterocycles. The Balaban J connectivity index is 1.52. The number of halogens is 2. The summed E-state index contributed by atoms with van der Waals surface area (Å²) < 4.78 is 45.5. The molecule has 48 heavy (non-hydrogen) atoms. The van der Waals surface area contributed by atoms with Gasteiger partial charge in [0.15, 0.2) is 0 Å². The van der Waals surface area contributed by atoms with Gasteiger partial charge in [-0.3, -0.25) is 14.3 Å². The van der Waals surface area contributed by atoms with E-state index in [-0.39, 0.29) is 42.0 Å². The first-order valence-corrected chi connectivity index (χ1v) is 16.1. The number of aryl methyl sites for hydroxylation is 1. The molecule has 0 fully saturated rings. The number of fused-ring (bicyclic) bond motifs is 3. The predicted octanol–water partition coefficient (Wildman–Crippen LogP) is 6.13. The molecule has 1 unspecified atom stereocenters. The van der Waals surface area contributed by atoms with Crippen molar-refractivity contribution in [3.63, 3.8) is 0 Å². The minimum atomic E-state index is -0.824. The maximum atomic E-state index is 16.1. The van der Waals surface area contributed by atoms with Crippen LogP contribution in [-0.2, 0) is 23.1 Å². The fraction of sp³-hybridized carbons (Fsp3) is 0.229. The van der Waals surface area contributed by atoms with Crippen LogP contribution in [0.1, 0.15) is 18.7 Å². The van der Waals surface area contributed by atoms with Gasteiger partial charge in [-0.1, -0.05) is 18.7 Å². The normalized spacial score (nSPS) is 14.4. The fourth-order valence-corrected chi connectivity index (χ4v) is 7.17. The lowest BCUT2D eigenvalue weighted by molar-refractivity contribution is -0.129. The van der Waals surface area contributed by atoms with E-state index in [0.29, 0.717) is 62.2 Å². The maximum absolute atomic E-state index is 16.1. The fourth-order valence-electron chi connectivity index (χ4n) is 6.22. The Hall–Kier alpha value is -5.27. The van der Waals surface area contributed by atoms with Crippen LogP contribution in [0.25, 0.3) is 54.6 Å². The van der Waals surface area contributed by atoms with Gasteiger partial charge in [0.1, 0.15) is 35.4 Å². The second-order valence-electron chi connectivity index (χ2n) is 11.4. The van der Waals surface area contributed by atoms with E-state index in [4.69, 9.17) is 19.6 Å². The molecule has 0 saturated carbocycles. The van der Waals surface area contributed by atoms with E-state index < -0.39 is 11.6 Å². The molecule has 10 nitrogen and oxygen atoms in total. The summed E-state index contributed by atoms with van der Waals surface area (Å²) in [7, 11) is 3.10. The van der Waals surface area contributed by atoms with Gasteiger partial charge in [-0.2, -0.15) is 10.2 Å². The lowest BCUT2D eigenvalue weighted by Gasteiger charge is -2.33. The van der Waals surface area contributed by atoms with Crippen LogP contribution in [0.3, 0.4) is 0 Å². The number of pyridine rings is 1. The lowest BCUT2D eigenvalue weighted by atomic mass is 9.96. The highest BCUT2D eigenvalue weighted by molar-refractivity contribution is 7.18. The minimum Gasteiger partial charge on any atom is -0.490 e. The van der Waals surface area contributed by atoms with Crippen LogP contribution in [0, 0.1) is 11.6 Å². The first-order chi connectivity index (χ1) is 23.2. The molecule has 4 aromatic heterocycles. The van der Waals surface area contributed by atoms with Crippen molar-refractivity contribution in [3.8, 4) is 39.5 Å². The van der Waals surface area contributed by atoms with Crippen molar-refractivity contribution < 1.29 is 23.0 Å². The van der Waals surface area contributed by atoms with Gasteiger partial charge in [0.25, 0.3) is 5.56 Å². The highest BCUT2D eigenvalue weighted by Crippen LogP contribution is 2.47. The average Bonchev–Trinajstić information content (AvgIpc) is 3.74. The van der Waals surface area contributed by atoms with Gasteiger partial charge >= 0.3 is 0 Å². The first-order valence-electron chi connectivity index (χ1n) is 15.2. The average molecular weight is 669 g/mol. The van der Waals surface area contributed by atoms with Crippen LogP contribution in [0.2, 0.25) is 0 Å². The molecule has 0 aliphatic carbocycles. The molecular formula is C35H30F2N6O4S. The number of hydrogen-bond acceptors (Lipinski definition) is 8. The van der Waals surface area contributed by atoms with E-state index in [2.05, 4.69) is 11.7 Å². The molecule has 7 rings (SSSR count). The largest absolute Gasteiger partial charge is 0.490 e. The second kappa shape index (κ2) is 12.4. The number of thiophene rings is 1. The van der Waals surface area contributed by atoms with Gasteiger partial charge in [-0.25, -0.2) is 18.4 Å². The van der Waals surface area contributed by atoms with E-state index in [1.807, 2.05) is 41.3 Å². The van der Waals surface area contributed by atoms with Gasteiger partial charge in [-0.05, 0) is 36.6 Å². The number of carbonyl (C=O) groups is 1. The van der Waals surface area contributed by atoms with Crippen LogP contribution in [-0.4, -0.2) is 62.2 Å². The summed E-state index contributed by atoms with van der Waals surface area (Å²) in [6.45, 7) is 6.68. The molecule has 244 valence electrons. The Kier molecular flexibility index (Phi) is 8.09. The summed E-state index contributed by atoms with van der Waals surface area (Å²) in [4.78, 5) is 32.5. The monoisotopic (exact) mass is 668 g/mol. The number of methoxy groups -OCH3 is 1. The molecule has 1 aliphatic heterocycles. The molecule has 6 aromatic rings. The van der Waals surface area contributed by atoms with Crippen molar-refractivity contribution in [3.05, 3.63) is 94.4 Å². The Morgan fingerprint density at radius 1 is 1.08 bits per heavy atom.